The Morgan fingerprint density at radius 2 is 2.09 bits per heavy atom. The van der Waals surface area contributed by atoms with Gasteiger partial charge in [0, 0.05) is 12.1 Å². The molecule has 1 N–H and O–H groups in total. The second-order valence-electron chi connectivity index (χ2n) is 4.91. The number of nitrogens with zero attached hydrogens (tertiary/aromatic N) is 1. The van der Waals surface area contributed by atoms with E-state index in [0.717, 1.165) is 6.42 Å². The summed E-state index contributed by atoms with van der Waals surface area (Å²) < 4.78 is 5.65. The number of benzene rings is 1. The van der Waals surface area contributed by atoms with Crippen LogP contribution in [0.25, 0.3) is 6.08 Å². The van der Waals surface area contributed by atoms with E-state index in [4.69, 9.17) is 17.0 Å². The number of hydrogen-bond acceptors (Lipinski definition) is 4. The van der Waals surface area contributed by atoms with Crippen LogP contribution in [0, 0.1) is 0 Å². The fourth-order valence-corrected chi connectivity index (χ4v) is 2.34. The average Bonchev–Trinajstić information content (AvgIpc) is 2.54. The van der Waals surface area contributed by atoms with E-state index < -0.39 is 11.8 Å². The lowest BCUT2D eigenvalue weighted by atomic mass is 10.1. The summed E-state index contributed by atoms with van der Waals surface area (Å²) in [6, 6.07) is 7.26. The predicted molar refractivity (Wildman–Crippen MR) is 92.9 cm³/mol. The third-order valence-corrected chi connectivity index (χ3v) is 3.50. The Balaban J connectivity index is 2.37. The summed E-state index contributed by atoms with van der Waals surface area (Å²) in [6.07, 6.45) is 3.95. The van der Waals surface area contributed by atoms with Gasteiger partial charge in [0.05, 0.1) is 6.61 Å². The molecule has 1 aromatic rings. The summed E-state index contributed by atoms with van der Waals surface area (Å²) in [6.45, 7) is 6.40. The number of rotatable bonds is 6. The highest BCUT2D eigenvalue weighted by molar-refractivity contribution is 7.80. The first-order valence-electron chi connectivity index (χ1n) is 7.30. The lowest BCUT2D eigenvalue weighted by Gasteiger charge is -2.27. The maximum atomic E-state index is 12.5. The Hall–Kier alpha value is -2.47. The monoisotopic (exact) mass is 330 g/mol. The summed E-state index contributed by atoms with van der Waals surface area (Å²) in [7, 11) is 0. The van der Waals surface area contributed by atoms with E-state index in [2.05, 4.69) is 11.9 Å². The zero-order chi connectivity index (χ0) is 16.8. The molecule has 0 unspecified atom stereocenters. The SMILES string of the molecule is C=CCN1C(=O)C(=Cc2ccccc2OCCC)C(=O)NC1=S. The Morgan fingerprint density at radius 1 is 1.35 bits per heavy atom. The molecule has 6 heteroatoms. The van der Waals surface area contributed by atoms with Crippen LogP contribution < -0.4 is 10.1 Å². The van der Waals surface area contributed by atoms with Crippen molar-refractivity contribution in [1.82, 2.24) is 10.2 Å². The number of carbonyl (C=O) groups excluding carboxylic acids is 2. The van der Waals surface area contributed by atoms with E-state index in [1.54, 1.807) is 18.2 Å². The third-order valence-electron chi connectivity index (χ3n) is 3.18. The van der Waals surface area contributed by atoms with Crippen molar-refractivity contribution in [2.45, 2.75) is 13.3 Å². The fourth-order valence-electron chi connectivity index (χ4n) is 2.09. The molecule has 0 bridgehead atoms. The van der Waals surface area contributed by atoms with Crippen molar-refractivity contribution in [3.63, 3.8) is 0 Å². The molecule has 0 aromatic heterocycles. The van der Waals surface area contributed by atoms with Crippen molar-refractivity contribution in [3.05, 3.63) is 48.1 Å². The van der Waals surface area contributed by atoms with Gasteiger partial charge in [0.1, 0.15) is 11.3 Å². The number of hydrogen-bond donors (Lipinski definition) is 1. The molecule has 5 nitrogen and oxygen atoms in total. The summed E-state index contributed by atoms with van der Waals surface area (Å²) in [4.78, 5) is 25.9. The van der Waals surface area contributed by atoms with Crippen LogP contribution in [0.2, 0.25) is 0 Å². The second kappa shape index (κ2) is 7.69. The van der Waals surface area contributed by atoms with Crippen LogP contribution in [0.15, 0.2) is 42.5 Å². The smallest absolute Gasteiger partial charge is 0.265 e. The minimum Gasteiger partial charge on any atom is -0.493 e. The van der Waals surface area contributed by atoms with Gasteiger partial charge in [-0.1, -0.05) is 31.2 Å². The zero-order valence-electron chi connectivity index (χ0n) is 12.9. The van der Waals surface area contributed by atoms with Crippen LogP contribution >= 0.6 is 12.2 Å². The summed E-state index contributed by atoms with van der Waals surface area (Å²) >= 11 is 5.02. The highest BCUT2D eigenvalue weighted by Gasteiger charge is 2.32. The average molecular weight is 330 g/mol. The molecule has 23 heavy (non-hydrogen) atoms. The lowest BCUT2D eigenvalue weighted by molar-refractivity contribution is -0.128. The summed E-state index contributed by atoms with van der Waals surface area (Å²) in [5.74, 6) is -0.319. The molecule has 2 amide bonds. The fraction of sp³-hybridized carbons (Fsp3) is 0.235. The van der Waals surface area contributed by atoms with Gasteiger partial charge in [-0.05, 0) is 30.8 Å². The first-order chi connectivity index (χ1) is 11.1. The quantitative estimate of drug-likeness (QED) is 0.376. The topological polar surface area (TPSA) is 58.6 Å². The zero-order valence-corrected chi connectivity index (χ0v) is 13.7. The number of para-hydroxylation sites is 1. The Kier molecular flexibility index (Phi) is 5.65. The van der Waals surface area contributed by atoms with Gasteiger partial charge in [-0.3, -0.25) is 19.8 Å². The van der Waals surface area contributed by atoms with Crippen LogP contribution in [-0.4, -0.2) is 35.0 Å². The van der Waals surface area contributed by atoms with E-state index in [-0.39, 0.29) is 17.2 Å². The van der Waals surface area contributed by atoms with E-state index in [1.807, 2.05) is 19.1 Å². The number of nitrogens with one attached hydrogen (secondary N) is 1. The summed E-state index contributed by atoms with van der Waals surface area (Å²) in [5, 5.41) is 2.61. The number of carbonyl (C=O) groups is 2. The van der Waals surface area contributed by atoms with Gasteiger partial charge in [0.2, 0.25) is 0 Å². The Bertz CT molecular complexity index is 682. The van der Waals surface area contributed by atoms with Crippen LogP contribution in [0.3, 0.4) is 0 Å². The van der Waals surface area contributed by atoms with Gasteiger partial charge >= 0.3 is 0 Å². The molecule has 1 aliphatic heterocycles. The molecule has 1 fully saturated rings. The Labute approximate surface area is 140 Å². The molecular formula is C17H18N2O3S. The predicted octanol–water partition coefficient (Wildman–Crippen LogP) is 2.29. The number of thiocarbonyl (C=S) groups is 1. The molecule has 0 aliphatic carbocycles. The molecule has 0 radical (unpaired) electrons. The lowest BCUT2D eigenvalue weighted by Crippen LogP contribution is -2.53. The number of ether oxygens (including phenoxy) is 1. The largest absolute Gasteiger partial charge is 0.493 e. The van der Waals surface area contributed by atoms with Gasteiger partial charge < -0.3 is 4.74 Å². The van der Waals surface area contributed by atoms with Crippen LogP contribution in [0.1, 0.15) is 18.9 Å². The molecule has 1 aliphatic rings. The van der Waals surface area contributed by atoms with Crippen LogP contribution in [0.4, 0.5) is 0 Å². The molecule has 1 heterocycles. The highest BCUT2D eigenvalue weighted by Crippen LogP contribution is 2.23. The van der Waals surface area contributed by atoms with E-state index in [1.165, 1.54) is 11.0 Å². The first kappa shape index (κ1) is 16.9. The van der Waals surface area contributed by atoms with Crippen LogP contribution in [0.5, 0.6) is 5.75 Å². The molecule has 0 saturated carbocycles. The highest BCUT2D eigenvalue weighted by atomic mass is 32.1. The van der Waals surface area contributed by atoms with Crippen molar-refractivity contribution in [1.29, 1.82) is 0 Å². The summed E-state index contributed by atoms with van der Waals surface area (Å²) in [5.41, 5.74) is 0.693. The first-order valence-corrected chi connectivity index (χ1v) is 7.71. The van der Waals surface area contributed by atoms with Crippen molar-refractivity contribution >= 4 is 35.2 Å². The maximum absolute atomic E-state index is 12.5. The van der Waals surface area contributed by atoms with Gasteiger partial charge in [-0.2, -0.15) is 0 Å². The van der Waals surface area contributed by atoms with E-state index >= 15 is 0 Å². The maximum Gasteiger partial charge on any atom is 0.265 e. The molecule has 1 saturated heterocycles. The Morgan fingerprint density at radius 3 is 2.78 bits per heavy atom. The van der Waals surface area contributed by atoms with Crippen molar-refractivity contribution in [2.75, 3.05) is 13.2 Å². The standard InChI is InChI=1S/C17H18N2O3S/c1-3-9-19-16(21)13(15(20)18-17(19)23)11-12-7-5-6-8-14(12)22-10-4-2/h3,5-8,11H,1,4,9-10H2,2H3,(H,18,20,23). The van der Waals surface area contributed by atoms with E-state index in [9.17, 15) is 9.59 Å². The minimum absolute atomic E-state index is 0.0213. The number of amides is 2. The molecular weight excluding hydrogens is 312 g/mol. The molecule has 120 valence electrons. The molecule has 0 spiro atoms. The minimum atomic E-state index is -0.509. The second-order valence-corrected chi connectivity index (χ2v) is 5.29. The molecule has 2 rings (SSSR count). The van der Waals surface area contributed by atoms with Crippen molar-refractivity contribution < 1.29 is 14.3 Å². The van der Waals surface area contributed by atoms with Gasteiger partial charge in [0.25, 0.3) is 11.8 Å². The van der Waals surface area contributed by atoms with E-state index in [0.29, 0.717) is 17.9 Å². The third kappa shape index (κ3) is 3.84. The van der Waals surface area contributed by atoms with Crippen LogP contribution in [-0.2, 0) is 9.59 Å². The molecule has 0 atom stereocenters. The van der Waals surface area contributed by atoms with Crippen molar-refractivity contribution in [3.8, 4) is 5.75 Å². The van der Waals surface area contributed by atoms with Crippen molar-refractivity contribution in [2.24, 2.45) is 0 Å². The van der Waals surface area contributed by atoms with Gasteiger partial charge in [0.15, 0.2) is 5.11 Å². The van der Waals surface area contributed by atoms with Gasteiger partial charge in [-0.25, -0.2) is 0 Å². The van der Waals surface area contributed by atoms with Gasteiger partial charge in [-0.15, -0.1) is 6.58 Å². The normalized spacial score (nSPS) is 16.5. The molecule has 1 aromatic carbocycles.